The average molecular weight is 354 g/mol. The van der Waals surface area contributed by atoms with E-state index in [1.165, 1.54) is 0 Å². The number of ether oxygens (including phenoxy) is 1. The molecule has 0 unspecified atom stereocenters. The van der Waals surface area contributed by atoms with Crippen molar-refractivity contribution in [1.29, 1.82) is 0 Å². The van der Waals surface area contributed by atoms with E-state index < -0.39 is 0 Å². The molecule has 0 saturated carbocycles. The minimum absolute atomic E-state index is 0.0912. The highest BCUT2D eigenvalue weighted by molar-refractivity contribution is 9.10. The van der Waals surface area contributed by atoms with Gasteiger partial charge < -0.3 is 4.74 Å². The van der Waals surface area contributed by atoms with E-state index in [9.17, 15) is 4.79 Å². The van der Waals surface area contributed by atoms with Crippen LogP contribution in [0.4, 0.5) is 0 Å². The third kappa shape index (κ3) is 3.22. The quantitative estimate of drug-likeness (QED) is 0.720. The maximum Gasteiger partial charge on any atom is 0.196 e. The fourth-order valence-electron chi connectivity index (χ4n) is 1.90. The molecular weight excluding hydrogens is 340 g/mol. The predicted octanol–water partition coefficient (Wildman–Crippen LogP) is 5.04. The first-order valence-corrected chi connectivity index (χ1v) is 7.43. The summed E-state index contributed by atoms with van der Waals surface area (Å²) in [6, 6.07) is 10.8. The highest BCUT2D eigenvalue weighted by atomic mass is 79.9. The van der Waals surface area contributed by atoms with E-state index >= 15 is 0 Å². The zero-order chi connectivity index (χ0) is 14.7. The predicted molar refractivity (Wildman–Crippen MR) is 84.9 cm³/mol. The Balaban J connectivity index is 2.46. The molecule has 2 aromatic rings. The van der Waals surface area contributed by atoms with Crippen molar-refractivity contribution >= 4 is 33.3 Å². The first-order chi connectivity index (χ1) is 9.52. The molecule has 2 rings (SSSR count). The van der Waals surface area contributed by atoms with E-state index in [2.05, 4.69) is 15.9 Å². The molecule has 0 atom stereocenters. The van der Waals surface area contributed by atoms with Crippen LogP contribution in [0.1, 0.15) is 28.4 Å². The second-order valence-corrected chi connectivity index (χ2v) is 5.65. The molecule has 0 aliphatic rings. The summed E-state index contributed by atoms with van der Waals surface area (Å²) in [6.07, 6.45) is 0. The minimum atomic E-state index is -0.0912. The standard InChI is InChI=1S/C16H14BrClO2/c1-3-20-15-7-4-10(2)8-12(15)16(19)11-5-6-13(17)14(18)9-11/h4-9H,3H2,1-2H3. The van der Waals surface area contributed by atoms with Crippen molar-refractivity contribution in [3.63, 3.8) is 0 Å². The first-order valence-electron chi connectivity index (χ1n) is 6.26. The number of hydrogen-bond donors (Lipinski definition) is 0. The molecule has 0 fully saturated rings. The van der Waals surface area contributed by atoms with Gasteiger partial charge in [0.15, 0.2) is 5.78 Å². The Bertz CT molecular complexity index is 653. The number of halogens is 2. The summed E-state index contributed by atoms with van der Waals surface area (Å²) in [5, 5.41) is 0.515. The van der Waals surface area contributed by atoms with Gasteiger partial charge in [-0.05, 0) is 60.1 Å². The molecule has 0 radical (unpaired) electrons. The van der Waals surface area contributed by atoms with Crippen LogP contribution in [0.25, 0.3) is 0 Å². The molecule has 2 aromatic carbocycles. The van der Waals surface area contributed by atoms with Crippen molar-refractivity contribution in [2.75, 3.05) is 6.61 Å². The Morgan fingerprint density at radius 1 is 1.25 bits per heavy atom. The van der Waals surface area contributed by atoms with Gasteiger partial charge in [-0.3, -0.25) is 4.79 Å². The van der Waals surface area contributed by atoms with Crippen LogP contribution in [0, 0.1) is 6.92 Å². The lowest BCUT2D eigenvalue weighted by molar-refractivity contribution is 0.103. The van der Waals surface area contributed by atoms with Crippen molar-refractivity contribution in [1.82, 2.24) is 0 Å². The Hall–Kier alpha value is -1.32. The second kappa shape index (κ2) is 6.42. The molecule has 0 spiro atoms. The molecule has 0 heterocycles. The van der Waals surface area contributed by atoms with Crippen molar-refractivity contribution in [3.05, 3.63) is 62.6 Å². The summed E-state index contributed by atoms with van der Waals surface area (Å²) in [7, 11) is 0. The van der Waals surface area contributed by atoms with E-state index in [1.807, 2.05) is 32.0 Å². The van der Waals surface area contributed by atoms with Gasteiger partial charge in [0.1, 0.15) is 5.75 Å². The second-order valence-electron chi connectivity index (χ2n) is 4.39. The van der Waals surface area contributed by atoms with Gasteiger partial charge in [0.2, 0.25) is 0 Å². The zero-order valence-electron chi connectivity index (χ0n) is 11.2. The highest BCUT2D eigenvalue weighted by Gasteiger charge is 2.16. The molecule has 0 aliphatic heterocycles. The lowest BCUT2D eigenvalue weighted by Gasteiger charge is -2.11. The Kier molecular flexibility index (Phi) is 4.84. The van der Waals surface area contributed by atoms with Crippen molar-refractivity contribution in [2.45, 2.75) is 13.8 Å². The Morgan fingerprint density at radius 3 is 2.65 bits per heavy atom. The van der Waals surface area contributed by atoms with Crippen LogP contribution in [0.3, 0.4) is 0 Å². The highest BCUT2D eigenvalue weighted by Crippen LogP contribution is 2.27. The largest absolute Gasteiger partial charge is 0.493 e. The smallest absolute Gasteiger partial charge is 0.196 e. The van der Waals surface area contributed by atoms with Crippen molar-refractivity contribution < 1.29 is 9.53 Å². The molecule has 0 amide bonds. The van der Waals surface area contributed by atoms with Gasteiger partial charge in [-0.25, -0.2) is 0 Å². The third-order valence-electron chi connectivity index (χ3n) is 2.86. The summed E-state index contributed by atoms with van der Waals surface area (Å²) < 4.78 is 6.29. The van der Waals surface area contributed by atoms with Crippen molar-refractivity contribution in [3.8, 4) is 5.75 Å². The summed E-state index contributed by atoms with van der Waals surface area (Å²) >= 11 is 9.36. The van der Waals surface area contributed by atoms with Gasteiger partial charge in [-0.2, -0.15) is 0 Å². The van der Waals surface area contributed by atoms with E-state index in [1.54, 1.807) is 18.2 Å². The van der Waals surface area contributed by atoms with Crippen molar-refractivity contribution in [2.24, 2.45) is 0 Å². The molecule has 0 saturated heterocycles. The normalized spacial score (nSPS) is 10.4. The van der Waals surface area contributed by atoms with Crippen LogP contribution in [0.15, 0.2) is 40.9 Å². The molecule has 0 N–H and O–H groups in total. The van der Waals surface area contributed by atoms with Crippen LogP contribution < -0.4 is 4.74 Å². The summed E-state index contributed by atoms with van der Waals surface area (Å²) in [5.41, 5.74) is 2.12. The molecule has 0 bridgehead atoms. The zero-order valence-corrected chi connectivity index (χ0v) is 13.6. The van der Waals surface area contributed by atoms with Gasteiger partial charge in [0, 0.05) is 10.0 Å². The van der Waals surface area contributed by atoms with Crippen LogP contribution in [-0.2, 0) is 0 Å². The van der Waals surface area contributed by atoms with Crippen LogP contribution in [0.5, 0.6) is 5.75 Å². The number of carbonyl (C=O) groups excluding carboxylic acids is 1. The van der Waals surface area contributed by atoms with Gasteiger partial charge in [-0.15, -0.1) is 0 Å². The average Bonchev–Trinajstić information content (AvgIpc) is 2.43. The van der Waals surface area contributed by atoms with Gasteiger partial charge in [0.05, 0.1) is 17.2 Å². The summed E-state index contributed by atoms with van der Waals surface area (Å²) in [4.78, 5) is 12.6. The molecule has 2 nitrogen and oxygen atoms in total. The minimum Gasteiger partial charge on any atom is -0.493 e. The number of hydrogen-bond acceptors (Lipinski definition) is 2. The maximum absolute atomic E-state index is 12.6. The third-order valence-corrected chi connectivity index (χ3v) is 4.09. The fraction of sp³-hybridized carbons (Fsp3) is 0.188. The SMILES string of the molecule is CCOc1ccc(C)cc1C(=O)c1ccc(Br)c(Cl)c1. The van der Waals surface area contributed by atoms with Crippen LogP contribution in [-0.4, -0.2) is 12.4 Å². The van der Waals surface area contributed by atoms with Gasteiger partial charge >= 0.3 is 0 Å². The summed E-state index contributed by atoms with van der Waals surface area (Å²) in [5.74, 6) is 0.508. The number of aryl methyl sites for hydroxylation is 1. The van der Waals surface area contributed by atoms with Crippen LogP contribution >= 0.6 is 27.5 Å². The van der Waals surface area contributed by atoms with Gasteiger partial charge in [-0.1, -0.05) is 23.2 Å². The van der Waals surface area contributed by atoms with E-state index in [0.717, 1.165) is 10.0 Å². The fourth-order valence-corrected chi connectivity index (χ4v) is 2.32. The number of benzene rings is 2. The molecule has 0 aromatic heterocycles. The Labute approximate surface area is 131 Å². The Morgan fingerprint density at radius 2 is 2.00 bits per heavy atom. The lowest BCUT2D eigenvalue weighted by Crippen LogP contribution is -2.06. The van der Waals surface area contributed by atoms with Gasteiger partial charge in [0.25, 0.3) is 0 Å². The monoisotopic (exact) mass is 352 g/mol. The van der Waals surface area contributed by atoms with E-state index in [0.29, 0.717) is 28.5 Å². The number of carbonyl (C=O) groups is 1. The molecule has 0 aliphatic carbocycles. The molecule has 20 heavy (non-hydrogen) atoms. The first kappa shape index (κ1) is 15.1. The lowest BCUT2D eigenvalue weighted by atomic mass is 10.0. The number of ketones is 1. The number of rotatable bonds is 4. The van der Waals surface area contributed by atoms with E-state index in [4.69, 9.17) is 16.3 Å². The maximum atomic E-state index is 12.6. The molecular formula is C16H14BrClO2. The van der Waals surface area contributed by atoms with Crippen LogP contribution in [0.2, 0.25) is 5.02 Å². The molecule has 104 valence electrons. The topological polar surface area (TPSA) is 26.3 Å². The summed E-state index contributed by atoms with van der Waals surface area (Å²) in [6.45, 7) is 4.36. The van der Waals surface area contributed by atoms with E-state index in [-0.39, 0.29) is 5.78 Å². The molecule has 4 heteroatoms.